The van der Waals surface area contributed by atoms with Gasteiger partial charge >= 0.3 is 0 Å². The summed E-state index contributed by atoms with van der Waals surface area (Å²) in [5.41, 5.74) is 11.7. The smallest absolute Gasteiger partial charge is 0.0473 e. The molecule has 1 aliphatic rings. The second-order valence-electron chi connectivity index (χ2n) is 6.78. The monoisotopic (exact) mass is 274 g/mol. The highest BCUT2D eigenvalue weighted by Gasteiger charge is 2.28. The van der Waals surface area contributed by atoms with Gasteiger partial charge in [-0.2, -0.15) is 0 Å². The van der Waals surface area contributed by atoms with Crippen LogP contribution in [0.3, 0.4) is 0 Å². The van der Waals surface area contributed by atoms with Crippen LogP contribution in [0.1, 0.15) is 48.6 Å². The summed E-state index contributed by atoms with van der Waals surface area (Å²) in [5, 5.41) is 0. The minimum absolute atomic E-state index is 0.379. The van der Waals surface area contributed by atoms with Gasteiger partial charge < -0.3 is 5.73 Å². The fourth-order valence-electron chi connectivity index (χ4n) is 3.39. The number of aryl methyl sites for hydroxylation is 3. The predicted molar refractivity (Wildman–Crippen MR) is 87.0 cm³/mol. The van der Waals surface area contributed by atoms with E-state index in [0.29, 0.717) is 12.6 Å². The maximum Gasteiger partial charge on any atom is 0.0473 e. The van der Waals surface area contributed by atoms with Crippen molar-refractivity contribution in [3.05, 3.63) is 34.4 Å². The van der Waals surface area contributed by atoms with Crippen LogP contribution < -0.4 is 5.73 Å². The molecule has 3 unspecified atom stereocenters. The van der Waals surface area contributed by atoms with Crippen molar-refractivity contribution in [3.8, 4) is 0 Å². The molecule has 112 valence electrons. The van der Waals surface area contributed by atoms with E-state index >= 15 is 0 Å². The fourth-order valence-corrected chi connectivity index (χ4v) is 3.39. The molecule has 0 saturated carbocycles. The van der Waals surface area contributed by atoms with Crippen molar-refractivity contribution >= 4 is 0 Å². The first-order valence-electron chi connectivity index (χ1n) is 7.96. The van der Waals surface area contributed by atoms with E-state index in [-0.39, 0.29) is 0 Å². The van der Waals surface area contributed by atoms with Gasteiger partial charge in [-0.15, -0.1) is 0 Å². The van der Waals surface area contributed by atoms with E-state index in [0.717, 1.165) is 11.8 Å². The number of nitrogens with two attached hydrogens (primary N) is 1. The number of piperidine rings is 1. The SMILES string of the molecule is Cc1cc(C)c(C(CN)N2CCC(C)C(C)C2)cc1C. The molecule has 0 spiro atoms. The van der Waals surface area contributed by atoms with Gasteiger partial charge in [-0.1, -0.05) is 26.0 Å². The van der Waals surface area contributed by atoms with Crippen LogP contribution in [0.5, 0.6) is 0 Å². The lowest BCUT2D eigenvalue weighted by Gasteiger charge is -2.40. The topological polar surface area (TPSA) is 29.3 Å². The molecule has 0 aromatic heterocycles. The van der Waals surface area contributed by atoms with Crippen LogP contribution in [0.2, 0.25) is 0 Å². The van der Waals surface area contributed by atoms with Gasteiger partial charge in [0.05, 0.1) is 0 Å². The first-order valence-corrected chi connectivity index (χ1v) is 7.96. The second-order valence-corrected chi connectivity index (χ2v) is 6.78. The lowest BCUT2D eigenvalue weighted by Crippen LogP contribution is -2.43. The van der Waals surface area contributed by atoms with Crippen LogP contribution in [-0.4, -0.2) is 24.5 Å². The molecule has 1 aromatic carbocycles. The third-order valence-corrected chi connectivity index (χ3v) is 5.27. The number of nitrogens with zero attached hydrogens (tertiary/aromatic N) is 1. The molecule has 2 heteroatoms. The Bertz CT molecular complexity index is 467. The number of hydrogen-bond donors (Lipinski definition) is 1. The molecule has 2 N–H and O–H groups in total. The van der Waals surface area contributed by atoms with Crippen molar-refractivity contribution in [2.75, 3.05) is 19.6 Å². The standard InChI is InChI=1S/C18H30N2/c1-12-6-7-20(11-16(12)5)18(10-19)17-9-14(3)13(2)8-15(17)4/h8-9,12,16,18H,6-7,10-11,19H2,1-5H3. The van der Waals surface area contributed by atoms with Crippen LogP contribution >= 0.6 is 0 Å². The van der Waals surface area contributed by atoms with Crippen LogP contribution in [0.4, 0.5) is 0 Å². The minimum atomic E-state index is 0.379. The summed E-state index contributed by atoms with van der Waals surface area (Å²) in [4.78, 5) is 2.60. The summed E-state index contributed by atoms with van der Waals surface area (Å²) in [5.74, 6) is 1.61. The lowest BCUT2D eigenvalue weighted by atomic mass is 9.86. The van der Waals surface area contributed by atoms with Gasteiger partial charge in [0.2, 0.25) is 0 Å². The van der Waals surface area contributed by atoms with Crippen LogP contribution in [0, 0.1) is 32.6 Å². The zero-order chi connectivity index (χ0) is 14.9. The van der Waals surface area contributed by atoms with E-state index < -0.39 is 0 Å². The third kappa shape index (κ3) is 3.07. The molecule has 2 rings (SSSR count). The summed E-state index contributed by atoms with van der Waals surface area (Å²) in [6, 6.07) is 5.04. The van der Waals surface area contributed by atoms with Gasteiger partial charge in [0.15, 0.2) is 0 Å². The molecule has 2 nitrogen and oxygen atoms in total. The molecule has 1 aliphatic heterocycles. The zero-order valence-corrected chi connectivity index (χ0v) is 13.7. The summed E-state index contributed by atoms with van der Waals surface area (Å²) < 4.78 is 0. The van der Waals surface area contributed by atoms with Crippen molar-refractivity contribution in [3.63, 3.8) is 0 Å². The lowest BCUT2D eigenvalue weighted by molar-refractivity contribution is 0.0980. The maximum atomic E-state index is 6.13. The van der Waals surface area contributed by atoms with Gasteiger partial charge in [-0.05, 0) is 67.8 Å². The van der Waals surface area contributed by atoms with Crippen molar-refractivity contribution in [2.24, 2.45) is 17.6 Å². The average Bonchev–Trinajstić information content (AvgIpc) is 2.40. The molecule has 1 fully saturated rings. The summed E-state index contributed by atoms with van der Waals surface area (Å²) in [6.07, 6.45) is 1.29. The van der Waals surface area contributed by atoms with Crippen LogP contribution in [-0.2, 0) is 0 Å². The van der Waals surface area contributed by atoms with Gasteiger partial charge in [0.1, 0.15) is 0 Å². The molecular weight excluding hydrogens is 244 g/mol. The van der Waals surface area contributed by atoms with Crippen molar-refractivity contribution in [2.45, 2.75) is 47.1 Å². The van der Waals surface area contributed by atoms with Crippen molar-refractivity contribution < 1.29 is 0 Å². The first kappa shape index (κ1) is 15.5. The zero-order valence-electron chi connectivity index (χ0n) is 13.7. The second kappa shape index (κ2) is 6.28. The van der Waals surface area contributed by atoms with Crippen LogP contribution in [0.15, 0.2) is 12.1 Å². The Morgan fingerprint density at radius 3 is 2.35 bits per heavy atom. The summed E-state index contributed by atoms with van der Waals surface area (Å²) in [6.45, 7) is 14.4. The van der Waals surface area contributed by atoms with E-state index in [4.69, 9.17) is 5.73 Å². The Balaban J connectivity index is 2.26. The molecule has 0 radical (unpaired) electrons. The molecule has 20 heavy (non-hydrogen) atoms. The van der Waals surface area contributed by atoms with Crippen LogP contribution in [0.25, 0.3) is 0 Å². The van der Waals surface area contributed by atoms with E-state index in [1.165, 1.54) is 41.8 Å². The predicted octanol–water partition coefficient (Wildman–Crippen LogP) is 3.59. The van der Waals surface area contributed by atoms with E-state index in [9.17, 15) is 0 Å². The Hall–Kier alpha value is -0.860. The highest BCUT2D eigenvalue weighted by Crippen LogP contribution is 2.31. The maximum absolute atomic E-state index is 6.13. The summed E-state index contributed by atoms with van der Waals surface area (Å²) >= 11 is 0. The summed E-state index contributed by atoms with van der Waals surface area (Å²) in [7, 11) is 0. The van der Waals surface area contributed by atoms with Gasteiger partial charge in [0, 0.05) is 19.1 Å². The van der Waals surface area contributed by atoms with Crippen molar-refractivity contribution in [1.29, 1.82) is 0 Å². The van der Waals surface area contributed by atoms with E-state index in [1.807, 2.05) is 0 Å². The Morgan fingerprint density at radius 1 is 1.10 bits per heavy atom. The molecule has 1 aromatic rings. The molecular formula is C18H30N2. The first-order chi connectivity index (χ1) is 9.43. The highest BCUT2D eigenvalue weighted by molar-refractivity contribution is 5.38. The number of benzene rings is 1. The molecule has 0 aliphatic carbocycles. The Morgan fingerprint density at radius 2 is 1.75 bits per heavy atom. The average molecular weight is 274 g/mol. The third-order valence-electron chi connectivity index (χ3n) is 5.27. The largest absolute Gasteiger partial charge is 0.329 e. The molecule has 1 saturated heterocycles. The van der Waals surface area contributed by atoms with E-state index in [2.05, 4.69) is 51.7 Å². The fraction of sp³-hybridized carbons (Fsp3) is 0.667. The Kier molecular flexibility index (Phi) is 4.87. The number of hydrogen-bond acceptors (Lipinski definition) is 2. The van der Waals surface area contributed by atoms with Gasteiger partial charge in [-0.3, -0.25) is 4.90 Å². The number of rotatable bonds is 3. The molecule has 0 amide bonds. The number of likely N-dealkylation sites (tertiary alicyclic amines) is 1. The van der Waals surface area contributed by atoms with Gasteiger partial charge in [0.25, 0.3) is 0 Å². The highest BCUT2D eigenvalue weighted by atomic mass is 15.2. The van der Waals surface area contributed by atoms with Crippen molar-refractivity contribution in [1.82, 2.24) is 4.90 Å². The Labute approximate surface area is 124 Å². The minimum Gasteiger partial charge on any atom is -0.329 e. The molecule has 0 bridgehead atoms. The molecule has 3 atom stereocenters. The normalized spacial score (nSPS) is 25.7. The van der Waals surface area contributed by atoms with E-state index in [1.54, 1.807) is 0 Å². The van der Waals surface area contributed by atoms with Gasteiger partial charge in [-0.25, -0.2) is 0 Å². The quantitative estimate of drug-likeness (QED) is 0.912. The molecule has 1 heterocycles.